The third-order valence-electron chi connectivity index (χ3n) is 4.93. The highest BCUT2D eigenvalue weighted by Gasteiger charge is 2.19. The van der Waals surface area contributed by atoms with E-state index in [1.54, 1.807) is 7.11 Å². The summed E-state index contributed by atoms with van der Waals surface area (Å²) in [5.74, 6) is 2.48. The molecule has 0 saturated heterocycles. The average Bonchev–Trinajstić information content (AvgIpc) is 3.44. The van der Waals surface area contributed by atoms with E-state index in [9.17, 15) is 4.79 Å². The second kappa shape index (κ2) is 9.74. The van der Waals surface area contributed by atoms with E-state index < -0.39 is 0 Å². The molecule has 4 aromatic rings. The number of benzene rings is 2. The molecule has 2 heterocycles. The molecule has 0 N–H and O–H groups in total. The van der Waals surface area contributed by atoms with Crippen molar-refractivity contribution >= 4 is 17.5 Å². The van der Waals surface area contributed by atoms with E-state index in [2.05, 4.69) is 10.2 Å². The normalized spacial score (nSPS) is 10.8. The van der Waals surface area contributed by atoms with Crippen LogP contribution in [0.4, 0.5) is 0 Å². The molecule has 7 nitrogen and oxygen atoms in total. The van der Waals surface area contributed by atoms with Crippen LogP contribution in [0.1, 0.15) is 17.4 Å². The van der Waals surface area contributed by atoms with Crippen molar-refractivity contribution in [3.63, 3.8) is 0 Å². The molecule has 0 aliphatic carbocycles. The summed E-state index contributed by atoms with van der Waals surface area (Å²) in [6.45, 7) is 2.55. The van der Waals surface area contributed by atoms with Gasteiger partial charge in [0.1, 0.15) is 11.5 Å². The minimum Gasteiger partial charge on any atom is -0.497 e. The van der Waals surface area contributed by atoms with Crippen molar-refractivity contribution in [3.05, 3.63) is 72.6 Å². The van der Waals surface area contributed by atoms with Crippen molar-refractivity contribution < 1.29 is 14.3 Å². The van der Waals surface area contributed by atoms with Crippen molar-refractivity contribution in [2.75, 3.05) is 19.5 Å². The van der Waals surface area contributed by atoms with Gasteiger partial charge in [0.25, 0.3) is 0 Å². The summed E-state index contributed by atoms with van der Waals surface area (Å²) >= 11 is 1.36. The Balaban J connectivity index is 1.70. The van der Waals surface area contributed by atoms with Gasteiger partial charge in [0.2, 0.25) is 0 Å². The second-order valence-corrected chi connectivity index (χ2v) is 7.96. The van der Waals surface area contributed by atoms with Crippen LogP contribution in [0.25, 0.3) is 17.1 Å². The molecule has 2 aromatic carbocycles. The Hall–Kier alpha value is -3.52. The lowest BCUT2D eigenvalue weighted by molar-refractivity contribution is 0.101. The third-order valence-corrected chi connectivity index (χ3v) is 5.86. The Morgan fingerprint density at radius 2 is 1.84 bits per heavy atom. The summed E-state index contributed by atoms with van der Waals surface area (Å²) in [5.41, 5.74) is 2.41. The maximum Gasteiger partial charge on any atom is 0.196 e. The van der Waals surface area contributed by atoms with Gasteiger partial charge in [0, 0.05) is 24.5 Å². The molecular formula is C24H24N4O3S. The lowest BCUT2D eigenvalue weighted by atomic mass is 10.2. The smallest absolute Gasteiger partial charge is 0.196 e. The number of carbonyl (C=O) groups excluding carboxylic acids is 1. The molecule has 0 bridgehead atoms. The van der Waals surface area contributed by atoms with Gasteiger partial charge >= 0.3 is 0 Å². The number of methoxy groups -OCH3 is 1. The maximum absolute atomic E-state index is 12.7. The fourth-order valence-electron chi connectivity index (χ4n) is 3.36. The largest absolute Gasteiger partial charge is 0.497 e. The molecular weight excluding hydrogens is 424 g/mol. The molecule has 0 atom stereocenters. The minimum absolute atomic E-state index is 0.0340. The lowest BCUT2D eigenvalue weighted by Gasteiger charge is -2.12. The number of thioether (sulfide) groups is 1. The first-order valence-corrected chi connectivity index (χ1v) is 11.2. The molecule has 0 amide bonds. The Kier molecular flexibility index (Phi) is 6.61. The van der Waals surface area contributed by atoms with E-state index in [4.69, 9.17) is 9.47 Å². The first-order valence-electron chi connectivity index (χ1n) is 10.2. The van der Waals surface area contributed by atoms with Crippen molar-refractivity contribution in [2.24, 2.45) is 7.05 Å². The van der Waals surface area contributed by atoms with Gasteiger partial charge < -0.3 is 14.0 Å². The van der Waals surface area contributed by atoms with Gasteiger partial charge in [-0.05, 0) is 55.5 Å². The Bertz CT molecular complexity index is 1210. The summed E-state index contributed by atoms with van der Waals surface area (Å²) in [5, 5.41) is 9.48. The molecule has 0 fully saturated rings. The number of aryl methyl sites for hydroxylation is 1. The fraction of sp³-hybridized carbons (Fsp3) is 0.208. The summed E-state index contributed by atoms with van der Waals surface area (Å²) < 4.78 is 14.7. The number of aromatic nitrogens is 4. The molecule has 0 saturated carbocycles. The van der Waals surface area contributed by atoms with E-state index in [1.807, 2.05) is 90.0 Å². The Labute approximate surface area is 191 Å². The molecule has 0 aliphatic rings. The summed E-state index contributed by atoms with van der Waals surface area (Å²) in [6, 6.07) is 19.1. The molecule has 0 unspecified atom stereocenters. The maximum atomic E-state index is 12.7. The number of rotatable bonds is 9. The van der Waals surface area contributed by atoms with Crippen molar-refractivity contribution in [1.29, 1.82) is 0 Å². The number of ether oxygens (including phenoxy) is 2. The summed E-state index contributed by atoms with van der Waals surface area (Å²) in [6.07, 6.45) is 1.86. The number of carbonyl (C=O) groups is 1. The lowest BCUT2D eigenvalue weighted by Crippen LogP contribution is -2.09. The number of Topliss-reactive ketones (excluding diaryl/α,β-unsaturated/α-hetero) is 1. The van der Waals surface area contributed by atoms with Crippen molar-refractivity contribution in [2.45, 2.75) is 12.1 Å². The van der Waals surface area contributed by atoms with Crippen LogP contribution in [0, 0.1) is 0 Å². The van der Waals surface area contributed by atoms with Crippen LogP contribution in [0.15, 0.2) is 72.0 Å². The monoisotopic (exact) mass is 448 g/mol. The minimum atomic E-state index is 0.0340. The zero-order valence-corrected chi connectivity index (χ0v) is 19.0. The molecule has 8 heteroatoms. The van der Waals surface area contributed by atoms with Crippen molar-refractivity contribution in [3.8, 4) is 28.6 Å². The summed E-state index contributed by atoms with van der Waals surface area (Å²) in [4.78, 5) is 12.7. The average molecular weight is 449 g/mol. The predicted molar refractivity (Wildman–Crippen MR) is 125 cm³/mol. The van der Waals surface area contributed by atoms with Crippen molar-refractivity contribution in [1.82, 2.24) is 19.3 Å². The van der Waals surface area contributed by atoms with Crippen LogP contribution in [-0.2, 0) is 7.05 Å². The first-order chi connectivity index (χ1) is 15.6. The summed E-state index contributed by atoms with van der Waals surface area (Å²) in [7, 11) is 3.49. The van der Waals surface area contributed by atoms with Gasteiger partial charge in [-0.2, -0.15) is 0 Å². The van der Waals surface area contributed by atoms with Crippen LogP contribution in [-0.4, -0.2) is 44.6 Å². The van der Waals surface area contributed by atoms with E-state index >= 15 is 0 Å². The van der Waals surface area contributed by atoms with Gasteiger partial charge in [-0.25, -0.2) is 0 Å². The van der Waals surface area contributed by atoms with Gasteiger partial charge in [0.05, 0.1) is 25.2 Å². The van der Waals surface area contributed by atoms with E-state index in [0.717, 1.165) is 22.7 Å². The third kappa shape index (κ3) is 4.55. The highest BCUT2D eigenvalue weighted by molar-refractivity contribution is 7.99. The zero-order chi connectivity index (χ0) is 22.5. The van der Waals surface area contributed by atoms with Crippen LogP contribution < -0.4 is 9.47 Å². The predicted octanol–water partition coefficient (Wildman–Crippen LogP) is 4.66. The van der Waals surface area contributed by atoms with Crippen LogP contribution in [0.2, 0.25) is 0 Å². The quantitative estimate of drug-likeness (QED) is 0.274. The second-order valence-electron chi connectivity index (χ2n) is 7.02. The molecule has 4 rings (SSSR count). The number of ketones is 1. The molecule has 0 radical (unpaired) electrons. The van der Waals surface area contributed by atoms with E-state index in [0.29, 0.717) is 23.3 Å². The van der Waals surface area contributed by atoms with Gasteiger partial charge in [0.15, 0.2) is 16.8 Å². The Morgan fingerprint density at radius 1 is 1.03 bits per heavy atom. The van der Waals surface area contributed by atoms with Crippen LogP contribution in [0.5, 0.6) is 11.5 Å². The molecule has 164 valence electrons. The topological polar surface area (TPSA) is 71.2 Å². The molecule has 2 aromatic heterocycles. The van der Waals surface area contributed by atoms with Crippen LogP contribution >= 0.6 is 11.8 Å². The van der Waals surface area contributed by atoms with Gasteiger partial charge in [-0.3, -0.25) is 9.36 Å². The first kappa shape index (κ1) is 21.7. The zero-order valence-electron chi connectivity index (χ0n) is 18.2. The standard InChI is InChI=1S/C24H24N4O3S/c1-4-31-19-12-10-18(11-13-19)28-23(17-7-5-8-20(15-17)30-3)25-26-24(28)32-16-22(29)21-9-6-14-27(21)2/h5-15H,4,16H2,1-3H3. The van der Waals surface area contributed by atoms with E-state index in [1.165, 1.54) is 11.8 Å². The number of nitrogens with zero attached hydrogens (tertiary/aromatic N) is 4. The Morgan fingerprint density at radius 3 is 2.53 bits per heavy atom. The van der Waals surface area contributed by atoms with Gasteiger partial charge in [-0.1, -0.05) is 23.9 Å². The fourth-order valence-corrected chi connectivity index (χ4v) is 4.19. The SMILES string of the molecule is CCOc1ccc(-n2c(SCC(=O)c3cccn3C)nnc2-c2cccc(OC)c2)cc1. The number of hydrogen-bond donors (Lipinski definition) is 0. The van der Waals surface area contributed by atoms with Crippen LogP contribution in [0.3, 0.4) is 0 Å². The molecule has 0 aliphatic heterocycles. The van der Waals surface area contributed by atoms with Gasteiger partial charge in [-0.15, -0.1) is 10.2 Å². The number of hydrogen-bond acceptors (Lipinski definition) is 6. The highest BCUT2D eigenvalue weighted by Crippen LogP contribution is 2.30. The highest BCUT2D eigenvalue weighted by atomic mass is 32.2. The molecule has 32 heavy (non-hydrogen) atoms. The molecule has 0 spiro atoms. The van der Waals surface area contributed by atoms with E-state index in [-0.39, 0.29) is 11.5 Å².